The fraction of sp³-hybridized carbons (Fsp3) is 0.625. The quantitative estimate of drug-likeness (QED) is 0.405. The van der Waals surface area contributed by atoms with Crippen molar-refractivity contribution in [1.29, 1.82) is 0 Å². The minimum absolute atomic E-state index is 0.127. The van der Waals surface area contributed by atoms with Crippen molar-refractivity contribution >= 4 is 16.1 Å². The summed E-state index contributed by atoms with van der Waals surface area (Å²) in [6, 6.07) is 0. The largest absolute Gasteiger partial charge is 0.463 e. The molecule has 1 N–H and O–H groups in total. The van der Waals surface area contributed by atoms with Gasteiger partial charge in [-0.25, -0.2) is 4.79 Å². The number of hydrogen-bond donors (Lipinski definition) is 1. The number of ether oxygens (including phenoxy) is 1. The summed E-state index contributed by atoms with van der Waals surface area (Å²) in [4.78, 5) is 10.6. The summed E-state index contributed by atoms with van der Waals surface area (Å²) in [6.07, 6.45) is 1.42. The maximum Gasteiger partial charge on any atom is 0.330 e. The van der Waals surface area contributed by atoms with Crippen molar-refractivity contribution in [1.82, 2.24) is 0 Å². The Bertz CT molecular complexity index is 293. The molecule has 0 aromatic carbocycles. The molecule has 0 aliphatic heterocycles. The molecule has 0 fully saturated rings. The van der Waals surface area contributed by atoms with Gasteiger partial charge >= 0.3 is 5.97 Å². The minimum atomic E-state index is -3.94. The van der Waals surface area contributed by atoms with E-state index in [1.165, 1.54) is 0 Å². The lowest BCUT2D eigenvalue weighted by Gasteiger charge is -2.08. The summed E-state index contributed by atoms with van der Waals surface area (Å²) in [5, 5.41) is 0. The summed E-state index contributed by atoms with van der Waals surface area (Å²) >= 11 is 0. The van der Waals surface area contributed by atoms with Crippen molar-refractivity contribution in [2.24, 2.45) is 5.92 Å². The molecule has 14 heavy (non-hydrogen) atoms. The Morgan fingerprint density at radius 2 is 2.21 bits per heavy atom. The predicted octanol–water partition coefficient (Wildman–Crippen LogP) is 0.630. The van der Waals surface area contributed by atoms with E-state index in [0.717, 1.165) is 6.08 Å². The summed E-state index contributed by atoms with van der Waals surface area (Å²) in [5.74, 6) is -1.11. The standard InChI is InChI=1S/C8H14O5S/c1-3-8(9)13-5-4-7(2)6-14(10,11)12/h3,7H,1,4-6H2,2H3,(H,10,11,12). The fourth-order valence-electron chi connectivity index (χ4n) is 0.863. The minimum Gasteiger partial charge on any atom is -0.463 e. The van der Waals surface area contributed by atoms with Gasteiger partial charge in [-0.05, 0) is 12.3 Å². The zero-order chi connectivity index (χ0) is 11.2. The van der Waals surface area contributed by atoms with Gasteiger partial charge in [-0.1, -0.05) is 13.5 Å². The number of carbonyl (C=O) groups is 1. The first-order chi connectivity index (χ1) is 6.35. The zero-order valence-electron chi connectivity index (χ0n) is 7.97. The second-order valence-electron chi connectivity index (χ2n) is 3.01. The van der Waals surface area contributed by atoms with Crippen molar-refractivity contribution in [3.63, 3.8) is 0 Å². The van der Waals surface area contributed by atoms with Crippen molar-refractivity contribution in [3.05, 3.63) is 12.7 Å². The Kier molecular flexibility index (Phi) is 5.40. The van der Waals surface area contributed by atoms with Crippen LogP contribution in [0.15, 0.2) is 12.7 Å². The van der Waals surface area contributed by atoms with Crippen LogP contribution in [0.1, 0.15) is 13.3 Å². The third-order valence-corrected chi connectivity index (χ3v) is 2.51. The van der Waals surface area contributed by atoms with Gasteiger partial charge in [0.1, 0.15) is 0 Å². The van der Waals surface area contributed by atoms with Crippen molar-refractivity contribution in [3.8, 4) is 0 Å². The van der Waals surface area contributed by atoms with E-state index >= 15 is 0 Å². The second-order valence-corrected chi connectivity index (χ2v) is 4.51. The van der Waals surface area contributed by atoms with Crippen molar-refractivity contribution in [2.45, 2.75) is 13.3 Å². The highest BCUT2D eigenvalue weighted by Crippen LogP contribution is 2.05. The lowest BCUT2D eigenvalue weighted by molar-refractivity contribution is -0.138. The lowest BCUT2D eigenvalue weighted by Crippen LogP contribution is -2.15. The Hall–Kier alpha value is -0.880. The normalized spacial score (nSPS) is 13.3. The molecule has 0 spiro atoms. The molecule has 0 aliphatic carbocycles. The van der Waals surface area contributed by atoms with E-state index in [4.69, 9.17) is 4.55 Å². The number of carbonyl (C=O) groups excluding carboxylic acids is 1. The SMILES string of the molecule is C=CC(=O)OCCC(C)CS(=O)(=O)O. The van der Waals surface area contributed by atoms with Crippen LogP contribution in [0.4, 0.5) is 0 Å². The Morgan fingerprint density at radius 1 is 1.64 bits per heavy atom. The van der Waals surface area contributed by atoms with E-state index in [-0.39, 0.29) is 18.3 Å². The highest BCUT2D eigenvalue weighted by Gasteiger charge is 2.12. The molecule has 0 amide bonds. The van der Waals surface area contributed by atoms with Crippen LogP contribution >= 0.6 is 0 Å². The van der Waals surface area contributed by atoms with Crippen LogP contribution in [-0.4, -0.2) is 31.3 Å². The van der Waals surface area contributed by atoms with Gasteiger partial charge in [0.25, 0.3) is 10.1 Å². The first kappa shape index (κ1) is 13.1. The molecule has 6 heteroatoms. The van der Waals surface area contributed by atoms with Gasteiger partial charge in [-0.2, -0.15) is 8.42 Å². The van der Waals surface area contributed by atoms with Crippen LogP contribution in [0.25, 0.3) is 0 Å². The van der Waals surface area contributed by atoms with Crippen LogP contribution in [0.2, 0.25) is 0 Å². The Labute approximate surface area is 83.5 Å². The number of rotatable bonds is 6. The second kappa shape index (κ2) is 5.77. The van der Waals surface area contributed by atoms with Gasteiger partial charge < -0.3 is 4.74 Å². The molecule has 0 aromatic rings. The third kappa shape index (κ3) is 7.75. The van der Waals surface area contributed by atoms with Crippen molar-refractivity contribution in [2.75, 3.05) is 12.4 Å². The summed E-state index contributed by atoms with van der Waals surface area (Å²) < 4.78 is 34.0. The van der Waals surface area contributed by atoms with Gasteiger partial charge in [0.05, 0.1) is 12.4 Å². The van der Waals surface area contributed by atoms with Gasteiger partial charge in [0.15, 0.2) is 0 Å². The molecule has 0 rings (SSSR count). The molecule has 0 aromatic heterocycles. The predicted molar refractivity (Wildman–Crippen MR) is 51.4 cm³/mol. The monoisotopic (exact) mass is 222 g/mol. The van der Waals surface area contributed by atoms with Crippen LogP contribution in [0.5, 0.6) is 0 Å². The smallest absolute Gasteiger partial charge is 0.330 e. The van der Waals surface area contributed by atoms with Gasteiger partial charge in [0, 0.05) is 6.08 Å². The van der Waals surface area contributed by atoms with Crippen LogP contribution in [-0.2, 0) is 19.6 Å². The van der Waals surface area contributed by atoms with Gasteiger partial charge in [-0.3, -0.25) is 4.55 Å². The van der Waals surface area contributed by atoms with E-state index in [1.54, 1.807) is 6.92 Å². The summed E-state index contributed by atoms with van der Waals surface area (Å²) in [7, 11) is -3.94. The Morgan fingerprint density at radius 3 is 2.64 bits per heavy atom. The van der Waals surface area contributed by atoms with E-state index in [2.05, 4.69) is 11.3 Å². The van der Waals surface area contributed by atoms with E-state index in [0.29, 0.717) is 6.42 Å². The highest BCUT2D eigenvalue weighted by atomic mass is 32.2. The molecule has 0 bridgehead atoms. The number of hydrogen-bond acceptors (Lipinski definition) is 4. The zero-order valence-corrected chi connectivity index (χ0v) is 8.79. The summed E-state index contributed by atoms with van der Waals surface area (Å²) in [5.41, 5.74) is 0. The molecule has 5 nitrogen and oxygen atoms in total. The van der Waals surface area contributed by atoms with Gasteiger partial charge in [-0.15, -0.1) is 0 Å². The molecular weight excluding hydrogens is 208 g/mol. The van der Waals surface area contributed by atoms with E-state index < -0.39 is 16.1 Å². The van der Waals surface area contributed by atoms with Crippen molar-refractivity contribution < 1.29 is 22.5 Å². The molecule has 0 heterocycles. The Balaban J connectivity index is 3.70. The van der Waals surface area contributed by atoms with Crippen LogP contribution in [0, 0.1) is 5.92 Å². The first-order valence-electron chi connectivity index (χ1n) is 4.09. The average Bonchev–Trinajstić information content (AvgIpc) is 2.00. The molecule has 0 aliphatic rings. The van der Waals surface area contributed by atoms with Crippen LogP contribution < -0.4 is 0 Å². The fourth-order valence-corrected chi connectivity index (χ4v) is 1.75. The average molecular weight is 222 g/mol. The number of esters is 1. The third-order valence-electron chi connectivity index (χ3n) is 1.52. The molecular formula is C8H14O5S. The molecule has 0 saturated carbocycles. The highest BCUT2D eigenvalue weighted by molar-refractivity contribution is 7.85. The molecule has 0 saturated heterocycles. The van der Waals surface area contributed by atoms with E-state index in [1.807, 2.05) is 0 Å². The first-order valence-corrected chi connectivity index (χ1v) is 5.70. The molecule has 1 atom stereocenters. The lowest BCUT2D eigenvalue weighted by atomic mass is 10.1. The molecule has 1 unspecified atom stereocenters. The van der Waals surface area contributed by atoms with Crippen LogP contribution in [0.3, 0.4) is 0 Å². The maximum absolute atomic E-state index is 10.6. The molecule has 0 radical (unpaired) electrons. The maximum atomic E-state index is 10.6. The molecule has 82 valence electrons. The summed E-state index contributed by atoms with van der Waals surface area (Å²) in [6.45, 7) is 4.98. The topological polar surface area (TPSA) is 80.7 Å². The van der Waals surface area contributed by atoms with E-state index in [9.17, 15) is 13.2 Å². The van der Waals surface area contributed by atoms with Gasteiger partial charge in [0.2, 0.25) is 0 Å².